The van der Waals surface area contributed by atoms with Crippen LogP contribution in [0.2, 0.25) is 0 Å². The largest absolute Gasteiger partial charge is 0.351 e. The van der Waals surface area contributed by atoms with Crippen molar-refractivity contribution in [2.45, 2.75) is 48.8 Å². The van der Waals surface area contributed by atoms with Gasteiger partial charge in [-0.05, 0) is 25.0 Å². The van der Waals surface area contributed by atoms with Crippen molar-refractivity contribution in [3.63, 3.8) is 0 Å². The third kappa shape index (κ3) is 3.85. The molecular weight excluding hydrogens is 312 g/mol. The maximum Gasteiger partial charge on any atom is 0.319 e. The Hall–Kier alpha value is -2.02. The lowest BCUT2D eigenvalue weighted by Crippen LogP contribution is -2.45. The lowest BCUT2D eigenvalue weighted by atomic mass is 9.94. The normalized spacial score (nSPS) is 15.5. The molecule has 0 unspecified atom stereocenters. The maximum absolute atomic E-state index is 12.1. The molecule has 7 heteroatoms. The number of urea groups is 1. The van der Waals surface area contributed by atoms with E-state index in [4.69, 9.17) is 10.3 Å². The summed E-state index contributed by atoms with van der Waals surface area (Å²) in [4.78, 5) is 18.9. The summed E-state index contributed by atoms with van der Waals surface area (Å²) in [6.07, 6.45) is 6.86. The number of aromatic nitrogens is 2. The van der Waals surface area contributed by atoms with Crippen LogP contribution in [0.5, 0.6) is 0 Å². The summed E-state index contributed by atoms with van der Waals surface area (Å²) in [6.45, 7) is 0. The Kier molecular flexibility index (Phi) is 5.17. The molecule has 1 fully saturated rings. The predicted molar refractivity (Wildman–Crippen MR) is 89.2 cm³/mol. The Morgan fingerprint density at radius 2 is 2.09 bits per heavy atom. The lowest BCUT2D eigenvalue weighted by molar-refractivity contribution is 0.249. The van der Waals surface area contributed by atoms with Crippen LogP contribution >= 0.6 is 11.8 Å². The van der Waals surface area contributed by atoms with Gasteiger partial charge in [0.05, 0.1) is 11.4 Å². The van der Waals surface area contributed by atoms with Crippen molar-refractivity contribution in [1.82, 2.24) is 10.1 Å². The molecule has 0 radical (unpaired) electrons. The molecule has 0 atom stereocenters. The van der Waals surface area contributed by atoms with Gasteiger partial charge in [-0.15, -0.1) is 11.8 Å². The highest BCUT2D eigenvalue weighted by Crippen LogP contribution is 2.35. The van der Waals surface area contributed by atoms with Crippen LogP contribution in [-0.4, -0.2) is 22.2 Å². The second-order valence-electron chi connectivity index (χ2n) is 5.60. The number of thioether (sulfide) groups is 1. The minimum Gasteiger partial charge on any atom is -0.351 e. The highest BCUT2D eigenvalue weighted by molar-refractivity contribution is 7.98. The van der Waals surface area contributed by atoms with Crippen LogP contribution in [0.25, 0.3) is 0 Å². The van der Waals surface area contributed by atoms with Crippen molar-refractivity contribution in [1.29, 1.82) is 0 Å². The molecule has 0 bridgehead atoms. The van der Waals surface area contributed by atoms with Crippen LogP contribution in [0.1, 0.15) is 37.9 Å². The van der Waals surface area contributed by atoms with Crippen molar-refractivity contribution in [3.05, 3.63) is 36.5 Å². The number of carbonyl (C=O) groups is 1. The second kappa shape index (κ2) is 7.50. The lowest BCUT2D eigenvalue weighted by Gasteiger charge is -2.34. The van der Waals surface area contributed by atoms with Gasteiger partial charge in [0.2, 0.25) is 6.39 Å². The molecule has 23 heavy (non-hydrogen) atoms. The molecule has 1 saturated carbocycles. The van der Waals surface area contributed by atoms with Gasteiger partial charge in [0.25, 0.3) is 0 Å². The van der Waals surface area contributed by atoms with E-state index in [9.17, 15) is 4.79 Å². The van der Waals surface area contributed by atoms with Crippen LogP contribution in [0.15, 0.2) is 40.1 Å². The molecule has 1 aromatic carbocycles. The third-order valence-corrected chi connectivity index (χ3v) is 5.12. The number of rotatable bonds is 5. The molecule has 2 amide bonds. The molecule has 6 nitrogen and oxygen atoms in total. The maximum atomic E-state index is 12.1. The zero-order valence-corrected chi connectivity index (χ0v) is 13.7. The molecule has 1 heterocycles. The summed E-state index contributed by atoms with van der Waals surface area (Å²) in [5.74, 6) is 1.22. The van der Waals surface area contributed by atoms with E-state index in [0.29, 0.717) is 11.6 Å². The van der Waals surface area contributed by atoms with E-state index in [1.54, 1.807) is 16.7 Å². The summed E-state index contributed by atoms with van der Waals surface area (Å²) in [7, 11) is 0. The molecule has 0 aliphatic heterocycles. The van der Waals surface area contributed by atoms with E-state index in [2.05, 4.69) is 10.1 Å². The Balaban J connectivity index is 1.82. The van der Waals surface area contributed by atoms with Crippen molar-refractivity contribution in [2.75, 3.05) is 4.90 Å². The zero-order valence-electron chi connectivity index (χ0n) is 12.9. The van der Waals surface area contributed by atoms with E-state index in [0.717, 1.165) is 36.3 Å². The summed E-state index contributed by atoms with van der Waals surface area (Å²) in [6, 6.07) is 7.66. The molecule has 122 valence electrons. The van der Waals surface area contributed by atoms with Gasteiger partial charge in [-0.25, -0.2) is 4.79 Å². The molecule has 0 spiro atoms. The van der Waals surface area contributed by atoms with Gasteiger partial charge in [-0.3, -0.25) is 4.90 Å². The summed E-state index contributed by atoms with van der Waals surface area (Å²) >= 11 is 1.58. The van der Waals surface area contributed by atoms with Crippen molar-refractivity contribution < 1.29 is 9.32 Å². The van der Waals surface area contributed by atoms with Gasteiger partial charge in [0.1, 0.15) is 0 Å². The highest BCUT2D eigenvalue weighted by atomic mass is 32.2. The molecular formula is C16H20N4O2S. The molecule has 1 aliphatic carbocycles. The van der Waals surface area contributed by atoms with Crippen LogP contribution in [-0.2, 0) is 5.75 Å². The fraction of sp³-hybridized carbons (Fsp3) is 0.438. The van der Waals surface area contributed by atoms with E-state index in [1.165, 1.54) is 12.8 Å². The number of para-hydroxylation sites is 1. The summed E-state index contributed by atoms with van der Waals surface area (Å²) < 4.78 is 4.76. The van der Waals surface area contributed by atoms with Crippen LogP contribution in [0, 0.1) is 0 Å². The number of nitrogens with two attached hydrogens (primary N) is 1. The first-order chi connectivity index (χ1) is 11.3. The van der Waals surface area contributed by atoms with Crippen molar-refractivity contribution >= 4 is 23.5 Å². The summed E-state index contributed by atoms with van der Waals surface area (Å²) in [5, 5.41) is 3.82. The minimum absolute atomic E-state index is 0.188. The first-order valence-electron chi connectivity index (χ1n) is 7.81. The smallest absolute Gasteiger partial charge is 0.319 e. The quantitative estimate of drug-likeness (QED) is 0.846. The number of amides is 2. The predicted octanol–water partition coefficient (Wildman–Crippen LogP) is 3.58. The third-order valence-electron chi connectivity index (χ3n) is 4.07. The van der Waals surface area contributed by atoms with Gasteiger partial charge < -0.3 is 10.3 Å². The fourth-order valence-electron chi connectivity index (χ4n) is 3.01. The van der Waals surface area contributed by atoms with E-state index in [1.807, 2.05) is 24.3 Å². The van der Waals surface area contributed by atoms with Gasteiger partial charge in [-0.2, -0.15) is 4.98 Å². The van der Waals surface area contributed by atoms with Gasteiger partial charge in [0.15, 0.2) is 5.82 Å². The topological polar surface area (TPSA) is 85.3 Å². The molecule has 1 aliphatic rings. The number of carbonyl (C=O) groups excluding carboxylic acids is 1. The van der Waals surface area contributed by atoms with Crippen molar-refractivity contribution in [3.8, 4) is 0 Å². The van der Waals surface area contributed by atoms with E-state index in [-0.39, 0.29) is 12.1 Å². The number of nitrogens with zero attached hydrogens (tertiary/aromatic N) is 3. The second-order valence-corrected chi connectivity index (χ2v) is 6.62. The molecule has 2 aromatic rings. The Morgan fingerprint density at radius 3 is 2.78 bits per heavy atom. The van der Waals surface area contributed by atoms with Crippen LogP contribution < -0.4 is 10.6 Å². The Labute approximate surface area is 139 Å². The van der Waals surface area contributed by atoms with Crippen molar-refractivity contribution in [2.24, 2.45) is 5.73 Å². The standard InChI is InChI=1S/C16H20N4O2S/c17-16(21)20(12-6-2-1-3-7-12)13-8-4-5-9-14(13)23-10-15-18-11-22-19-15/h4-5,8-9,11-12H,1-3,6-7,10H2,(H2,17,21). The first-order valence-corrected chi connectivity index (χ1v) is 8.80. The van der Waals surface area contributed by atoms with Crippen LogP contribution in [0.4, 0.5) is 10.5 Å². The van der Waals surface area contributed by atoms with Gasteiger partial charge in [-0.1, -0.05) is 36.6 Å². The zero-order chi connectivity index (χ0) is 16.1. The Morgan fingerprint density at radius 1 is 1.30 bits per heavy atom. The average Bonchev–Trinajstić information content (AvgIpc) is 3.08. The van der Waals surface area contributed by atoms with Crippen LogP contribution in [0.3, 0.4) is 0 Å². The average molecular weight is 332 g/mol. The number of hydrogen-bond donors (Lipinski definition) is 1. The molecule has 0 saturated heterocycles. The molecule has 3 rings (SSSR count). The van der Waals surface area contributed by atoms with E-state index < -0.39 is 0 Å². The first kappa shape index (κ1) is 15.9. The van der Waals surface area contributed by atoms with Gasteiger partial charge >= 0.3 is 6.03 Å². The Bertz CT molecular complexity index is 641. The van der Waals surface area contributed by atoms with E-state index >= 15 is 0 Å². The SMILES string of the molecule is NC(=O)N(c1ccccc1SCc1ncon1)C1CCCCC1. The highest BCUT2D eigenvalue weighted by Gasteiger charge is 2.27. The minimum atomic E-state index is -0.385. The number of benzene rings is 1. The number of primary amides is 1. The molecule has 2 N–H and O–H groups in total. The number of anilines is 1. The number of hydrogen-bond acceptors (Lipinski definition) is 5. The van der Waals surface area contributed by atoms with Gasteiger partial charge in [0, 0.05) is 10.9 Å². The summed E-state index contributed by atoms with van der Waals surface area (Å²) in [5.41, 5.74) is 6.57. The molecule has 1 aromatic heterocycles. The fourth-order valence-corrected chi connectivity index (χ4v) is 3.91. The monoisotopic (exact) mass is 332 g/mol.